The van der Waals surface area contributed by atoms with Crippen LogP contribution in [0.4, 0.5) is 13.2 Å². The summed E-state index contributed by atoms with van der Waals surface area (Å²) >= 11 is 0. The largest absolute Gasteiger partial charge is 0.416 e. The second-order valence-corrected chi connectivity index (χ2v) is 5.88. The van der Waals surface area contributed by atoms with Gasteiger partial charge in [0.25, 0.3) is 0 Å². The van der Waals surface area contributed by atoms with Gasteiger partial charge in [-0.15, -0.1) is 0 Å². The molecule has 0 aromatic heterocycles. The van der Waals surface area contributed by atoms with Gasteiger partial charge in [0, 0.05) is 11.5 Å². The molecule has 1 atom stereocenters. The van der Waals surface area contributed by atoms with E-state index in [0.717, 1.165) is 31.4 Å². The van der Waals surface area contributed by atoms with Gasteiger partial charge >= 0.3 is 6.18 Å². The van der Waals surface area contributed by atoms with Gasteiger partial charge < -0.3 is 0 Å². The maximum absolute atomic E-state index is 12.6. The van der Waals surface area contributed by atoms with Crippen molar-refractivity contribution in [1.29, 1.82) is 0 Å². The summed E-state index contributed by atoms with van der Waals surface area (Å²) in [6, 6.07) is 4.75. The molecule has 0 radical (unpaired) electrons. The Morgan fingerprint density at radius 2 is 2.00 bits per heavy atom. The van der Waals surface area contributed by atoms with Crippen molar-refractivity contribution in [1.82, 2.24) is 0 Å². The maximum atomic E-state index is 12.6. The molecular formula is C15H17F3O. The molecule has 104 valence electrons. The molecule has 1 aliphatic carbocycles. The fourth-order valence-corrected chi connectivity index (χ4v) is 2.86. The highest BCUT2D eigenvalue weighted by Crippen LogP contribution is 2.44. The van der Waals surface area contributed by atoms with Crippen LogP contribution in [-0.2, 0) is 6.18 Å². The number of rotatable bonds is 2. The Labute approximate surface area is 110 Å². The van der Waals surface area contributed by atoms with Gasteiger partial charge in [-0.05, 0) is 30.4 Å². The Hall–Kier alpha value is -1.32. The first kappa shape index (κ1) is 14.1. The standard InChI is InChI=1S/C15H17F3O/c1-14(2)8-4-7-12(14)13(19)10-5-3-6-11(9-10)15(16,17)18/h3,5-6,9,12H,4,7-8H2,1-2H3. The predicted octanol–water partition coefficient (Wildman–Crippen LogP) is 4.71. The molecule has 0 heterocycles. The smallest absolute Gasteiger partial charge is 0.294 e. The summed E-state index contributed by atoms with van der Waals surface area (Å²) in [4.78, 5) is 12.4. The molecule has 0 spiro atoms. The second-order valence-electron chi connectivity index (χ2n) is 5.88. The highest BCUT2D eigenvalue weighted by Gasteiger charge is 2.40. The lowest BCUT2D eigenvalue weighted by molar-refractivity contribution is -0.137. The van der Waals surface area contributed by atoms with E-state index in [4.69, 9.17) is 0 Å². The van der Waals surface area contributed by atoms with Crippen molar-refractivity contribution in [2.45, 2.75) is 39.3 Å². The van der Waals surface area contributed by atoms with Gasteiger partial charge in [0.1, 0.15) is 0 Å². The number of hydrogen-bond acceptors (Lipinski definition) is 1. The molecule has 0 bridgehead atoms. The summed E-state index contributed by atoms with van der Waals surface area (Å²) in [5.41, 5.74) is -0.699. The normalized spacial score (nSPS) is 22.5. The van der Waals surface area contributed by atoms with Gasteiger partial charge in [0.2, 0.25) is 0 Å². The zero-order valence-corrected chi connectivity index (χ0v) is 11.1. The third kappa shape index (κ3) is 2.82. The van der Waals surface area contributed by atoms with Crippen molar-refractivity contribution in [2.24, 2.45) is 11.3 Å². The van der Waals surface area contributed by atoms with Crippen LogP contribution in [-0.4, -0.2) is 5.78 Å². The first-order valence-electron chi connectivity index (χ1n) is 6.43. The van der Waals surface area contributed by atoms with Gasteiger partial charge in [-0.25, -0.2) is 0 Å². The molecule has 1 nitrogen and oxygen atoms in total. The number of halogens is 3. The van der Waals surface area contributed by atoms with E-state index >= 15 is 0 Å². The van der Waals surface area contributed by atoms with E-state index in [2.05, 4.69) is 0 Å². The van der Waals surface area contributed by atoms with E-state index in [-0.39, 0.29) is 22.7 Å². The molecule has 1 aromatic rings. The minimum atomic E-state index is -4.40. The monoisotopic (exact) mass is 270 g/mol. The Kier molecular flexibility index (Phi) is 3.45. The summed E-state index contributed by atoms with van der Waals surface area (Å²) in [6.07, 6.45) is -1.73. The highest BCUT2D eigenvalue weighted by atomic mass is 19.4. The lowest BCUT2D eigenvalue weighted by Crippen LogP contribution is -2.26. The number of benzene rings is 1. The van der Waals surface area contributed by atoms with Crippen LogP contribution in [0.15, 0.2) is 24.3 Å². The Morgan fingerprint density at radius 1 is 1.32 bits per heavy atom. The number of hydrogen-bond donors (Lipinski definition) is 0. The second kappa shape index (κ2) is 4.66. The van der Waals surface area contributed by atoms with Crippen LogP contribution >= 0.6 is 0 Å². The van der Waals surface area contributed by atoms with E-state index in [1.165, 1.54) is 12.1 Å². The molecule has 0 saturated heterocycles. The van der Waals surface area contributed by atoms with E-state index < -0.39 is 11.7 Å². The fourth-order valence-electron chi connectivity index (χ4n) is 2.86. The van der Waals surface area contributed by atoms with Crippen molar-refractivity contribution >= 4 is 5.78 Å². The van der Waals surface area contributed by atoms with Gasteiger partial charge in [-0.1, -0.05) is 32.4 Å². The van der Waals surface area contributed by atoms with Crippen LogP contribution in [0.1, 0.15) is 49.0 Å². The number of carbonyl (C=O) groups is 1. The topological polar surface area (TPSA) is 17.1 Å². The lowest BCUT2D eigenvalue weighted by atomic mass is 9.77. The molecule has 0 N–H and O–H groups in total. The molecule has 1 aromatic carbocycles. The number of carbonyl (C=O) groups excluding carboxylic acids is 1. The molecule has 1 unspecified atom stereocenters. The average Bonchev–Trinajstić information content (AvgIpc) is 2.67. The van der Waals surface area contributed by atoms with E-state index in [0.29, 0.717) is 0 Å². The van der Waals surface area contributed by atoms with Crippen LogP contribution in [0, 0.1) is 11.3 Å². The summed E-state index contributed by atoms with van der Waals surface area (Å²) in [5.74, 6) is -0.329. The Bertz CT molecular complexity index is 488. The first-order valence-corrected chi connectivity index (χ1v) is 6.43. The fraction of sp³-hybridized carbons (Fsp3) is 0.533. The van der Waals surface area contributed by atoms with E-state index in [1.54, 1.807) is 0 Å². The van der Waals surface area contributed by atoms with Crippen molar-refractivity contribution in [3.63, 3.8) is 0 Å². The molecule has 0 aliphatic heterocycles. The third-order valence-electron chi connectivity index (χ3n) is 4.05. The predicted molar refractivity (Wildman–Crippen MR) is 66.9 cm³/mol. The van der Waals surface area contributed by atoms with Crippen molar-refractivity contribution in [3.05, 3.63) is 35.4 Å². The molecule has 4 heteroatoms. The SMILES string of the molecule is CC1(C)CCCC1C(=O)c1cccc(C(F)(F)F)c1. The molecule has 1 saturated carbocycles. The molecule has 1 aliphatic rings. The van der Waals surface area contributed by atoms with E-state index in [9.17, 15) is 18.0 Å². The maximum Gasteiger partial charge on any atom is 0.416 e. The van der Waals surface area contributed by atoms with E-state index in [1.807, 2.05) is 13.8 Å². The summed E-state index contributed by atoms with van der Waals surface area (Å²) in [5, 5.41) is 0. The zero-order chi connectivity index (χ0) is 14.3. The summed E-state index contributed by atoms with van der Waals surface area (Å²) in [6.45, 7) is 4.02. The summed E-state index contributed by atoms with van der Waals surface area (Å²) < 4.78 is 37.9. The Balaban J connectivity index is 2.30. The number of ketones is 1. The van der Waals surface area contributed by atoms with Crippen LogP contribution in [0.25, 0.3) is 0 Å². The molecule has 2 rings (SSSR count). The van der Waals surface area contributed by atoms with Crippen molar-refractivity contribution < 1.29 is 18.0 Å². The lowest BCUT2D eigenvalue weighted by Gasteiger charge is -2.25. The minimum Gasteiger partial charge on any atom is -0.294 e. The molecule has 19 heavy (non-hydrogen) atoms. The van der Waals surface area contributed by atoms with Crippen LogP contribution in [0.3, 0.4) is 0 Å². The first-order chi connectivity index (χ1) is 8.72. The van der Waals surface area contributed by atoms with Gasteiger partial charge in [0.15, 0.2) is 5.78 Å². The van der Waals surface area contributed by atoms with Gasteiger partial charge in [0.05, 0.1) is 5.56 Å². The zero-order valence-electron chi connectivity index (χ0n) is 11.1. The van der Waals surface area contributed by atoms with Crippen molar-refractivity contribution in [3.8, 4) is 0 Å². The van der Waals surface area contributed by atoms with Crippen molar-refractivity contribution in [2.75, 3.05) is 0 Å². The third-order valence-corrected chi connectivity index (χ3v) is 4.05. The van der Waals surface area contributed by atoms with Gasteiger partial charge in [-0.2, -0.15) is 13.2 Å². The Morgan fingerprint density at radius 3 is 2.53 bits per heavy atom. The minimum absolute atomic E-state index is 0.120. The van der Waals surface area contributed by atoms with Gasteiger partial charge in [-0.3, -0.25) is 4.79 Å². The number of alkyl halides is 3. The quantitative estimate of drug-likeness (QED) is 0.711. The summed E-state index contributed by atoms with van der Waals surface area (Å²) in [7, 11) is 0. The highest BCUT2D eigenvalue weighted by molar-refractivity contribution is 5.98. The van der Waals surface area contributed by atoms with Crippen LogP contribution < -0.4 is 0 Å². The average molecular weight is 270 g/mol. The molecular weight excluding hydrogens is 253 g/mol. The van der Waals surface area contributed by atoms with Crippen LogP contribution in [0.2, 0.25) is 0 Å². The molecule has 1 fully saturated rings. The molecule has 0 amide bonds. The van der Waals surface area contributed by atoms with Crippen LogP contribution in [0.5, 0.6) is 0 Å². The number of Topliss-reactive ketones (excluding diaryl/α,β-unsaturated/α-hetero) is 1.